The summed E-state index contributed by atoms with van der Waals surface area (Å²) >= 11 is 0. The van der Waals surface area contributed by atoms with Gasteiger partial charge < -0.3 is 15.5 Å². The highest BCUT2D eigenvalue weighted by Gasteiger charge is 2.26. The molecule has 0 aromatic heterocycles. The van der Waals surface area contributed by atoms with Crippen LogP contribution in [0.3, 0.4) is 0 Å². The summed E-state index contributed by atoms with van der Waals surface area (Å²) in [5.74, 6) is 0. The molecule has 0 spiro atoms. The average Bonchev–Trinajstić information content (AvgIpc) is 3.27. The third-order valence-electron chi connectivity index (χ3n) is 6.15. The van der Waals surface area contributed by atoms with Crippen molar-refractivity contribution in [3.05, 3.63) is 33.9 Å². The van der Waals surface area contributed by atoms with Crippen LogP contribution in [0.4, 0.5) is 11.4 Å². The van der Waals surface area contributed by atoms with Crippen molar-refractivity contribution in [2.24, 2.45) is 0 Å². The van der Waals surface area contributed by atoms with E-state index in [1.54, 1.807) is 12.1 Å². The number of benzene rings is 1. The number of nitro groups is 1. The fourth-order valence-corrected chi connectivity index (χ4v) is 4.38. The Morgan fingerprint density at radius 2 is 2.06 bits per heavy atom. The standard InChI is InChI=1S/C22H36N4O5/c27-17-19-15-20(28)8-12-24(19)10-4-2-1-3-9-23-21-7-6-18(14-22(21)26(29)30)16-25-11-5-13-31-25/h6-7,14,19-20,23,27-28H,1-5,8-13,15-17H2/t19-,20+/m0/s1. The molecule has 2 aliphatic rings. The van der Waals surface area contributed by atoms with Crippen molar-refractivity contribution in [2.75, 3.05) is 44.7 Å². The summed E-state index contributed by atoms with van der Waals surface area (Å²) in [7, 11) is 0. The van der Waals surface area contributed by atoms with Crippen LogP contribution in [0, 0.1) is 10.1 Å². The predicted molar refractivity (Wildman–Crippen MR) is 119 cm³/mol. The monoisotopic (exact) mass is 436 g/mol. The van der Waals surface area contributed by atoms with Crippen LogP contribution in [0.5, 0.6) is 0 Å². The molecule has 0 aliphatic carbocycles. The summed E-state index contributed by atoms with van der Waals surface area (Å²) in [6.07, 6.45) is 6.27. The smallest absolute Gasteiger partial charge is 0.292 e. The lowest BCUT2D eigenvalue weighted by atomic mass is 9.99. The molecule has 9 heteroatoms. The van der Waals surface area contributed by atoms with E-state index in [1.165, 1.54) is 0 Å². The van der Waals surface area contributed by atoms with Crippen LogP contribution in [-0.4, -0.2) is 76.6 Å². The Bertz CT molecular complexity index is 698. The van der Waals surface area contributed by atoms with Crippen molar-refractivity contribution in [3.63, 3.8) is 0 Å². The lowest BCUT2D eigenvalue weighted by molar-refractivity contribution is -0.384. The molecule has 2 saturated heterocycles. The Hall–Kier alpha value is -1.78. The molecule has 2 fully saturated rings. The van der Waals surface area contributed by atoms with Gasteiger partial charge in [-0.1, -0.05) is 18.9 Å². The van der Waals surface area contributed by atoms with E-state index in [-0.39, 0.29) is 29.4 Å². The zero-order valence-corrected chi connectivity index (χ0v) is 18.2. The van der Waals surface area contributed by atoms with Gasteiger partial charge in [-0.05, 0) is 50.3 Å². The molecule has 0 bridgehead atoms. The molecule has 0 amide bonds. The molecule has 2 aliphatic heterocycles. The number of rotatable bonds is 12. The zero-order chi connectivity index (χ0) is 22.1. The largest absolute Gasteiger partial charge is 0.395 e. The van der Waals surface area contributed by atoms with Gasteiger partial charge in [-0.2, -0.15) is 5.06 Å². The van der Waals surface area contributed by atoms with Gasteiger partial charge in [0.25, 0.3) is 5.69 Å². The van der Waals surface area contributed by atoms with Crippen LogP contribution in [-0.2, 0) is 11.4 Å². The van der Waals surface area contributed by atoms with E-state index in [9.17, 15) is 20.3 Å². The van der Waals surface area contributed by atoms with E-state index in [2.05, 4.69) is 10.2 Å². The minimum Gasteiger partial charge on any atom is -0.395 e. The molecule has 31 heavy (non-hydrogen) atoms. The topological polar surface area (TPSA) is 111 Å². The minimum absolute atomic E-state index is 0.0750. The number of nitro benzene ring substituents is 1. The van der Waals surface area contributed by atoms with Crippen molar-refractivity contribution >= 4 is 11.4 Å². The highest BCUT2D eigenvalue weighted by atomic mass is 16.7. The highest BCUT2D eigenvalue weighted by Crippen LogP contribution is 2.27. The number of unbranched alkanes of at least 4 members (excludes halogenated alkanes) is 3. The fourth-order valence-electron chi connectivity index (χ4n) is 4.38. The molecule has 0 radical (unpaired) electrons. The molecule has 0 unspecified atom stereocenters. The Morgan fingerprint density at radius 3 is 2.81 bits per heavy atom. The van der Waals surface area contributed by atoms with Crippen molar-refractivity contribution in [1.82, 2.24) is 9.96 Å². The predicted octanol–water partition coefficient (Wildman–Crippen LogP) is 2.52. The molecule has 2 atom stereocenters. The third-order valence-corrected chi connectivity index (χ3v) is 6.15. The van der Waals surface area contributed by atoms with Crippen LogP contribution >= 0.6 is 0 Å². The van der Waals surface area contributed by atoms with E-state index in [0.29, 0.717) is 31.8 Å². The van der Waals surface area contributed by atoms with Gasteiger partial charge in [0.05, 0.1) is 24.2 Å². The lowest BCUT2D eigenvalue weighted by Gasteiger charge is -2.36. The van der Waals surface area contributed by atoms with E-state index in [1.807, 2.05) is 11.1 Å². The van der Waals surface area contributed by atoms with Gasteiger partial charge in [-0.25, -0.2) is 0 Å². The molecule has 0 saturated carbocycles. The van der Waals surface area contributed by atoms with Gasteiger partial charge in [0.15, 0.2) is 0 Å². The average molecular weight is 437 g/mol. The van der Waals surface area contributed by atoms with E-state index >= 15 is 0 Å². The number of nitrogens with zero attached hydrogens (tertiary/aromatic N) is 3. The first-order valence-electron chi connectivity index (χ1n) is 11.5. The normalized spacial score (nSPS) is 22.6. The van der Waals surface area contributed by atoms with E-state index < -0.39 is 0 Å². The molecule has 2 heterocycles. The van der Waals surface area contributed by atoms with Gasteiger partial charge in [-0.15, -0.1) is 0 Å². The number of hydrogen-bond acceptors (Lipinski definition) is 8. The first-order chi connectivity index (χ1) is 15.1. The summed E-state index contributed by atoms with van der Waals surface area (Å²) in [5, 5.41) is 35.8. The van der Waals surface area contributed by atoms with Crippen molar-refractivity contribution in [2.45, 2.75) is 63.6 Å². The van der Waals surface area contributed by atoms with Crippen molar-refractivity contribution < 1.29 is 20.0 Å². The van der Waals surface area contributed by atoms with Crippen LogP contribution in [0.1, 0.15) is 50.5 Å². The van der Waals surface area contributed by atoms with Crippen molar-refractivity contribution in [3.8, 4) is 0 Å². The number of nitrogens with one attached hydrogen (secondary N) is 1. The molecule has 3 N–H and O–H groups in total. The maximum atomic E-state index is 11.5. The number of hydroxylamine groups is 2. The number of aliphatic hydroxyl groups is 2. The maximum Gasteiger partial charge on any atom is 0.292 e. The number of piperidine rings is 1. The molecule has 3 rings (SSSR count). The number of likely N-dealkylation sites (tertiary alicyclic amines) is 1. The Balaban J connectivity index is 1.35. The van der Waals surface area contributed by atoms with Crippen molar-refractivity contribution in [1.29, 1.82) is 0 Å². The first-order valence-corrected chi connectivity index (χ1v) is 11.5. The Labute approximate surface area is 184 Å². The second kappa shape index (κ2) is 12.3. The molecule has 9 nitrogen and oxygen atoms in total. The molecular formula is C22H36N4O5. The minimum atomic E-state index is -0.330. The maximum absolute atomic E-state index is 11.5. The fraction of sp³-hybridized carbons (Fsp3) is 0.727. The van der Waals surface area contributed by atoms with Crippen LogP contribution in [0.25, 0.3) is 0 Å². The van der Waals surface area contributed by atoms with Gasteiger partial charge >= 0.3 is 0 Å². The number of anilines is 1. The van der Waals surface area contributed by atoms with Gasteiger partial charge in [0, 0.05) is 38.3 Å². The van der Waals surface area contributed by atoms with Crippen LogP contribution in [0.2, 0.25) is 0 Å². The van der Waals surface area contributed by atoms with Gasteiger partial charge in [0.1, 0.15) is 5.69 Å². The summed E-state index contributed by atoms with van der Waals surface area (Å²) in [6.45, 7) is 4.72. The van der Waals surface area contributed by atoms with Crippen LogP contribution < -0.4 is 5.32 Å². The van der Waals surface area contributed by atoms with E-state index in [0.717, 1.165) is 63.7 Å². The summed E-state index contributed by atoms with van der Waals surface area (Å²) in [4.78, 5) is 18.9. The third kappa shape index (κ3) is 7.40. The second-order valence-electron chi connectivity index (χ2n) is 8.55. The molecule has 1 aromatic carbocycles. The zero-order valence-electron chi connectivity index (χ0n) is 18.2. The van der Waals surface area contributed by atoms with E-state index in [4.69, 9.17) is 4.84 Å². The van der Waals surface area contributed by atoms with Gasteiger partial charge in [-0.3, -0.25) is 19.9 Å². The number of hydrogen-bond donors (Lipinski definition) is 3. The lowest BCUT2D eigenvalue weighted by Crippen LogP contribution is -2.46. The molecular weight excluding hydrogens is 400 g/mol. The second-order valence-corrected chi connectivity index (χ2v) is 8.55. The number of aliphatic hydroxyl groups excluding tert-OH is 2. The Morgan fingerprint density at radius 1 is 1.23 bits per heavy atom. The molecule has 1 aromatic rings. The molecule has 174 valence electrons. The Kier molecular flexibility index (Phi) is 9.48. The quantitative estimate of drug-likeness (QED) is 0.260. The summed E-state index contributed by atoms with van der Waals surface area (Å²) < 4.78 is 0. The SMILES string of the molecule is O=[N+]([O-])c1cc(CN2CCCO2)ccc1NCCCCCCN1CC[C@@H](O)C[C@H]1CO. The van der Waals surface area contributed by atoms with Gasteiger partial charge in [0.2, 0.25) is 0 Å². The summed E-state index contributed by atoms with van der Waals surface area (Å²) in [6, 6.07) is 5.43. The van der Waals surface area contributed by atoms with Crippen LogP contribution in [0.15, 0.2) is 18.2 Å². The highest BCUT2D eigenvalue weighted by molar-refractivity contribution is 5.62. The summed E-state index contributed by atoms with van der Waals surface area (Å²) in [5.41, 5.74) is 1.55. The first kappa shape index (κ1) is 23.9.